The Bertz CT molecular complexity index is 718. The minimum absolute atomic E-state index is 0. The van der Waals surface area contributed by atoms with Crippen LogP contribution in [0.4, 0.5) is 0 Å². The van der Waals surface area contributed by atoms with Crippen LogP contribution in [0.5, 0.6) is 0 Å². The molecule has 0 atom stereocenters. The molecule has 0 amide bonds. The molecule has 0 aromatic carbocycles. The fraction of sp³-hybridized carbons (Fsp3) is 0.750. The first kappa shape index (κ1) is 24.9. The monoisotopic (exact) mass is 554 g/mol. The summed E-state index contributed by atoms with van der Waals surface area (Å²) in [6.07, 6.45) is 6.35. The largest absolute Gasteiger partial charge is 0.357 e. The van der Waals surface area contributed by atoms with Crippen molar-refractivity contribution in [3.05, 3.63) is 22.4 Å². The quantitative estimate of drug-likeness (QED) is 0.308. The first-order valence-corrected chi connectivity index (χ1v) is 13.2. The maximum Gasteiger partial charge on any atom is 0.191 e. The van der Waals surface area contributed by atoms with Crippen LogP contribution in [0, 0.1) is 0 Å². The van der Waals surface area contributed by atoms with E-state index in [0.717, 1.165) is 32.1 Å². The lowest BCUT2D eigenvalue weighted by molar-refractivity contribution is 0.298. The number of guanidine groups is 1. The van der Waals surface area contributed by atoms with Crippen LogP contribution in [0.2, 0.25) is 0 Å². The zero-order valence-corrected chi connectivity index (χ0v) is 21.3. The van der Waals surface area contributed by atoms with E-state index >= 15 is 0 Å². The Balaban J connectivity index is 0.00000300. The smallest absolute Gasteiger partial charge is 0.191 e. The predicted molar refractivity (Wildman–Crippen MR) is 134 cm³/mol. The standard InChI is InChI=1S/C20H34N4O2S2.HI/c1-2-21-19(22-10-11-24-12-15-28(25,26)16-13-24)23-17-20(8-4-3-5-9-20)18-7-6-14-27-18;/h6-7,14H,2-5,8-13,15-17H2,1H3,(H2,21,22,23);1H. The zero-order valence-electron chi connectivity index (χ0n) is 17.4. The molecule has 1 saturated heterocycles. The van der Waals surface area contributed by atoms with Gasteiger partial charge in [-0.15, -0.1) is 35.3 Å². The van der Waals surface area contributed by atoms with E-state index in [2.05, 4.69) is 40.0 Å². The molecule has 3 rings (SSSR count). The Morgan fingerprint density at radius 3 is 2.55 bits per heavy atom. The molecule has 1 aromatic heterocycles. The van der Waals surface area contributed by atoms with Crippen molar-refractivity contribution in [3.63, 3.8) is 0 Å². The fourth-order valence-corrected chi connectivity index (χ4v) is 6.43. The average Bonchev–Trinajstić information content (AvgIpc) is 3.24. The molecule has 1 aliphatic carbocycles. The Morgan fingerprint density at radius 2 is 1.93 bits per heavy atom. The minimum atomic E-state index is -2.81. The third-order valence-corrected chi connectivity index (χ3v) is 8.62. The molecule has 166 valence electrons. The third-order valence-electron chi connectivity index (χ3n) is 5.90. The van der Waals surface area contributed by atoms with Crippen LogP contribution in [0.15, 0.2) is 22.5 Å². The molecule has 1 aromatic rings. The summed E-state index contributed by atoms with van der Waals surface area (Å²) in [5.41, 5.74) is 0.190. The summed E-state index contributed by atoms with van der Waals surface area (Å²) in [5.74, 6) is 1.43. The lowest BCUT2D eigenvalue weighted by atomic mass is 9.73. The summed E-state index contributed by atoms with van der Waals surface area (Å²) in [5, 5.41) is 8.98. The van der Waals surface area contributed by atoms with Crippen molar-refractivity contribution in [2.45, 2.75) is 44.4 Å². The number of hydrogen-bond donors (Lipinski definition) is 2. The Morgan fingerprint density at radius 1 is 1.21 bits per heavy atom. The lowest BCUT2D eigenvalue weighted by Gasteiger charge is -2.35. The van der Waals surface area contributed by atoms with E-state index in [1.54, 1.807) is 0 Å². The molecule has 0 spiro atoms. The van der Waals surface area contributed by atoms with Crippen LogP contribution in [0.1, 0.15) is 43.9 Å². The number of nitrogens with zero attached hydrogens (tertiary/aromatic N) is 2. The van der Waals surface area contributed by atoms with Crippen molar-refractivity contribution < 1.29 is 8.42 Å². The summed E-state index contributed by atoms with van der Waals surface area (Å²) in [6, 6.07) is 4.43. The van der Waals surface area contributed by atoms with Crippen molar-refractivity contribution in [1.82, 2.24) is 15.5 Å². The van der Waals surface area contributed by atoms with E-state index in [9.17, 15) is 8.42 Å². The summed E-state index contributed by atoms with van der Waals surface area (Å²) in [4.78, 5) is 8.65. The summed E-state index contributed by atoms with van der Waals surface area (Å²) >= 11 is 1.86. The number of sulfone groups is 1. The Hall–Kier alpha value is -0.390. The molecule has 29 heavy (non-hydrogen) atoms. The number of rotatable bonds is 7. The minimum Gasteiger partial charge on any atom is -0.357 e. The van der Waals surface area contributed by atoms with E-state index < -0.39 is 9.84 Å². The SMILES string of the molecule is CCNC(=NCC1(c2cccs2)CCCCC1)NCCN1CCS(=O)(=O)CC1.I. The molecular formula is C20H35IN4O2S2. The van der Waals surface area contributed by atoms with E-state index in [-0.39, 0.29) is 40.9 Å². The van der Waals surface area contributed by atoms with Gasteiger partial charge in [0.2, 0.25) is 0 Å². The van der Waals surface area contributed by atoms with Crippen LogP contribution in [-0.4, -0.2) is 70.1 Å². The van der Waals surface area contributed by atoms with Crippen LogP contribution in [-0.2, 0) is 15.3 Å². The van der Waals surface area contributed by atoms with Gasteiger partial charge in [0.25, 0.3) is 0 Å². The van der Waals surface area contributed by atoms with Crippen LogP contribution in [0.3, 0.4) is 0 Å². The normalized spacial score (nSPS) is 21.9. The summed E-state index contributed by atoms with van der Waals surface area (Å²) in [6.45, 7) is 6.64. The lowest BCUT2D eigenvalue weighted by Crippen LogP contribution is -2.46. The molecule has 2 fully saturated rings. The van der Waals surface area contributed by atoms with Gasteiger partial charge in [-0.2, -0.15) is 0 Å². The maximum absolute atomic E-state index is 11.6. The second-order valence-corrected chi connectivity index (χ2v) is 11.2. The van der Waals surface area contributed by atoms with Crippen molar-refractivity contribution >= 4 is 51.1 Å². The first-order valence-electron chi connectivity index (χ1n) is 10.5. The molecule has 1 saturated carbocycles. The van der Waals surface area contributed by atoms with Crippen LogP contribution < -0.4 is 10.6 Å². The van der Waals surface area contributed by atoms with Gasteiger partial charge in [0, 0.05) is 43.0 Å². The van der Waals surface area contributed by atoms with Gasteiger partial charge in [-0.3, -0.25) is 9.89 Å². The highest BCUT2D eigenvalue weighted by molar-refractivity contribution is 14.0. The average molecular weight is 555 g/mol. The second kappa shape index (κ2) is 11.9. The Kier molecular flexibility index (Phi) is 10.2. The van der Waals surface area contributed by atoms with E-state index in [1.807, 2.05) is 11.3 Å². The third kappa shape index (κ3) is 7.36. The predicted octanol–water partition coefficient (Wildman–Crippen LogP) is 2.85. The molecule has 0 unspecified atom stereocenters. The number of halogens is 1. The molecule has 2 heterocycles. The fourth-order valence-electron chi connectivity index (χ4n) is 4.17. The van der Waals surface area contributed by atoms with Crippen LogP contribution in [0.25, 0.3) is 0 Å². The van der Waals surface area contributed by atoms with Crippen molar-refractivity contribution in [2.75, 3.05) is 50.8 Å². The molecule has 6 nitrogen and oxygen atoms in total. The molecule has 0 bridgehead atoms. The van der Waals surface area contributed by atoms with Gasteiger partial charge in [0.15, 0.2) is 15.8 Å². The van der Waals surface area contributed by atoms with Gasteiger partial charge in [-0.05, 0) is 31.2 Å². The highest BCUT2D eigenvalue weighted by Crippen LogP contribution is 2.41. The molecule has 9 heteroatoms. The Labute approximate surface area is 196 Å². The summed E-state index contributed by atoms with van der Waals surface area (Å²) < 4.78 is 23.1. The first-order chi connectivity index (χ1) is 13.5. The van der Waals surface area contributed by atoms with E-state index in [0.29, 0.717) is 13.1 Å². The highest BCUT2D eigenvalue weighted by atomic mass is 127. The highest BCUT2D eigenvalue weighted by Gasteiger charge is 2.34. The van der Waals surface area contributed by atoms with Crippen molar-refractivity contribution in [3.8, 4) is 0 Å². The second-order valence-electron chi connectivity index (χ2n) is 7.93. The van der Waals surface area contributed by atoms with Gasteiger partial charge in [0.1, 0.15) is 0 Å². The van der Waals surface area contributed by atoms with Gasteiger partial charge < -0.3 is 10.6 Å². The molecule has 2 N–H and O–H groups in total. The van der Waals surface area contributed by atoms with Gasteiger partial charge in [-0.1, -0.05) is 25.3 Å². The number of hydrogen-bond acceptors (Lipinski definition) is 5. The topological polar surface area (TPSA) is 73.8 Å². The van der Waals surface area contributed by atoms with Crippen molar-refractivity contribution in [2.24, 2.45) is 4.99 Å². The number of aliphatic imine (C=N–C) groups is 1. The molecule has 2 aliphatic rings. The molecule has 0 radical (unpaired) electrons. The molecular weight excluding hydrogens is 519 g/mol. The van der Waals surface area contributed by atoms with Gasteiger partial charge in [-0.25, -0.2) is 8.42 Å². The maximum atomic E-state index is 11.6. The van der Waals surface area contributed by atoms with E-state index in [4.69, 9.17) is 4.99 Å². The summed E-state index contributed by atoms with van der Waals surface area (Å²) in [7, 11) is -2.81. The van der Waals surface area contributed by atoms with Crippen molar-refractivity contribution in [1.29, 1.82) is 0 Å². The van der Waals surface area contributed by atoms with Gasteiger partial charge >= 0.3 is 0 Å². The molecule has 1 aliphatic heterocycles. The number of thiophene rings is 1. The zero-order chi connectivity index (χ0) is 19.9. The number of nitrogens with one attached hydrogen (secondary N) is 2. The van der Waals surface area contributed by atoms with Gasteiger partial charge in [0.05, 0.1) is 18.1 Å². The van der Waals surface area contributed by atoms with Crippen LogP contribution >= 0.6 is 35.3 Å². The van der Waals surface area contributed by atoms with E-state index in [1.165, 1.54) is 37.0 Å².